The normalized spacial score (nSPS) is 17.6. The summed E-state index contributed by atoms with van der Waals surface area (Å²) >= 11 is 0.801. The molecule has 0 aromatic heterocycles. The van der Waals surface area contributed by atoms with Gasteiger partial charge in [0.1, 0.15) is 11.6 Å². The number of hydrogen-bond donors (Lipinski definition) is 1. The van der Waals surface area contributed by atoms with Gasteiger partial charge in [-0.25, -0.2) is 17.6 Å². The highest BCUT2D eigenvalue weighted by molar-refractivity contribution is 7.97. The standard InChI is InChI=1S/C26H23F4N3OS/c1-14-8-16-10-21(28)24(35-31)11-23(16)33(14)26(34)17-12-32(13-17)22-7-6-15(9-20(22)27)18-4-2-3-5-19(18)25(29)30/h2-7,9-11,14,17,25H,8,12-13,31H2,1H3. The lowest BCUT2D eigenvalue weighted by molar-refractivity contribution is -0.123. The number of fused-ring (bicyclic) bond motifs is 1. The second-order valence-electron chi connectivity index (χ2n) is 8.95. The van der Waals surface area contributed by atoms with Crippen molar-refractivity contribution >= 4 is 29.2 Å². The zero-order chi connectivity index (χ0) is 24.9. The van der Waals surface area contributed by atoms with E-state index in [2.05, 4.69) is 0 Å². The van der Waals surface area contributed by atoms with E-state index in [0.717, 1.165) is 17.5 Å². The van der Waals surface area contributed by atoms with Gasteiger partial charge in [-0.1, -0.05) is 30.3 Å². The number of anilines is 2. The molecule has 35 heavy (non-hydrogen) atoms. The van der Waals surface area contributed by atoms with E-state index in [-0.39, 0.29) is 33.9 Å². The molecule has 2 aliphatic heterocycles. The minimum atomic E-state index is -2.66. The molecule has 5 rings (SSSR count). The number of nitrogens with zero attached hydrogens (tertiary/aromatic N) is 2. The molecule has 9 heteroatoms. The number of halogens is 4. The van der Waals surface area contributed by atoms with E-state index in [1.165, 1.54) is 24.3 Å². The Labute approximate surface area is 204 Å². The summed E-state index contributed by atoms with van der Waals surface area (Å²) in [6.45, 7) is 2.58. The third-order valence-electron chi connectivity index (χ3n) is 6.74. The lowest BCUT2D eigenvalue weighted by Crippen LogP contribution is -2.56. The van der Waals surface area contributed by atoms with E-state index in [4.69, 9.17) is 5.14 Å². The van der Waals surface area contributed by atoms with Gasteiger partial charge in [-0.05, 0) is 66.2 Å². The van der Waals surface area contributed by atoms with Crippen LogP contribution in [0.3, 0.4) is 0 Å². The van der Waals surface area contributed by atoms with Gasteiger partial charge in [0.25, 0.3) is 6.43 Å². The van der Waals surface area contributed by atoms with Crippen molar-refractivity contribution in [3.8, 4) is 11.1 Å². The van der Waals surface area contributed by atoms with Gasteiger partial charge in [0, 0.05) is 30.4 Å². The Morgan fingerprint density at radius 2 is 1.77 bits per heavy atom. The van der Waals surface area contributed by atoms with Crippen LogP contribution in [0.15, 0.2) is 59.5 Å². The van der Waals surface area contributed by atoms with Gasteiger partial charge >= 0.3 is 0 Å². The molecule has 2 heterocycles. The predicted molar refractivity (Wildman–Crippen MR) is 130 cm³/mol. The smallest absolute Gasteiger partial charge is 0.264 e. The van der Waals surface area contributed by atoms with Gasteiger partial charge in [0.05, 0.1) is 16.5 Å². The summed E-state index contributed by atoms with van der Waals surface area (Å²) in [4.78, 5) is 17.0. The summed E-state index contributed by atoms with van der Waals surface area (Å²) in [5.41, 5.74) is 2.28. The molecule has 2 aliphatic rings. The van der Waals surface area contributed by atoms with Crippen molar-refractivity contribution in [2.75, 3.05) is 22.9 Å². The number of benzene rings is 3. The molecule has 1 fully saturated rings. The van der Waals surface area contributed by atoms with E-state index in [1.807, 2.05) is 6.92 Å². The van der Waals surface area contributed by atoms with E-state index in [0.29, 0.717) is 36.4 Å². The van der Waals surface area contributed by atoms with E-state index in [1.54, 1.807) is 40.1 Å². The van der Waals surface area contributed by atoms with Crippen molar-refractivity contribution < 1.29 is 22.4 Å². The van der Waals surface area contributed by atoms with Gasteiger partial charge in [0.15, 0.2) is 0 Å². The Bertz CT molecular complexity index is 1300. The Morgan fingerprint density at radius 3 is 2.46 bits per heavy atom. The van der Waals surface area contributed by atoms with Crippen LogP contribution >= 0.6 is 11.9 Å². The van der Waals surface area contributed by atoms with Gasteiger partial charge in [-0.15, -0.1) is 0 Å². The molecule has 1 unspecified atom stereocenters. The number of rotatable bonds is 5. The molecule has 0 bridgehead atoms. The second-order valence-corrected chi connectivity index (χ2v) is 9.62. The van der Waals surface area contributed by atoms with Crippen LogP contribution in [0.1, 0.15) is 24.5 Å². The van der Waals surface area contributed by atoms with Gasteiger partial charge in [-0.2, -0.15) is 0 Å². The molecule has 0 spiro atoms. The number of nitrogens with two attached hydrogens (primary N) is 1. The monoisotopic (exact) mass is 501 g/mol. The molecule has 4 nitrogen and oxygen atoms in total. The molecule has 1 saturated heterocycles. The van der Waals surface area contributed by atoms with Crippen molar-refractivity contribution in [1.29, 1.82) is 0 Å². The maximum atomic E-state index is 15.0. The Hall–Kier alpha value is -3.04. The third-order valence-corrected chi connectivity index (χ3v) is 7.31. The van der Waals surface area contributed by atoms with E-state index >= 15 is 0 Å². The Balaban J connectivity index is 1.32. The van der Waals surface area contributed by atoms with Crippen molar-refractivity contribution in [3.05, 3.63) is 77.4 Å². The highest BCUT2D eigenvalue weighted by Gasteiger charge is 2.41. The summed E-state index contributed by atoms with van der Waals surface area (Å²) in [5.74, 6) is -1.35. The first-order chi connectivity index (χ1) is 16.8. The van der Waals surface area contributed by atoms with Crippen LogP contribution in [0, 0.1) is 17.6 Å². The van der Waals surface area contributed by atoms with Crippen LogP contribution in [-0.2, 0) is 11.2 Å². The minimum absolute atomic E-state index is 0.0880. The summed E-state index contributed by atoms with van der Waals surface area (Å²) in [6, 6.07) is 13.4. The van der Waals surface area contributed by atoms with Crippen molar-refractivity contribution in [3.63, 3.8) is 0 Å². The molecule has 0 saturated carbocycles. The summed E-state index contributed by atoms with van der Waals surface area (Å²) < 4.78 is 55.8. The summed E-state index contributed by atoms with van der Waals surface area (Å²) in [6.07, 6.45) is -2.11. The Morgan fingerprint density at radius 1 is 1.03 bits per heavy atom. The van der Waals surface area contributed by atoms with Crippen molar-refractivity contribution in [1.82, 2.24) is 0 Å². The fraction of sp³-hybridized carbons (Fsp3) is 0.269. The molecule has 2 N–H and O–H groups in total. The number of carbonyl (C=O) groups is 1. The predicted octanol–water partition coefficient (Wildman–Crippen LogP) is 5.95. The number of amides is 1. The van der Waals surface area contributed by atoms with Crippen LogP contribution < -0.4 is 14.9 Å². The highest BCUT2D eigenvalue weighted by Crippen LogP contribution is 2.39. The zero-order valence-corrected chi connectivity index (χ0v) is 19.7. The SMILES string of the molecule is CC1Cc2cc(F)c(SN)cc2N1C(=O)C1CN(c2ccc(-c3ccccc3C(F)F)cc2F)C1. The summed E-state index contributed by atoms with van der Waals surface area (Å²) in [7, 11) is 0. The van der Waals surface area contributed by atoms with Crippen molar-refractivity contribution in [2.45, 2.75) is 30.7 Å². The first-order valence-corrected chi connectivity index (χ1v) is 12.1. The highest BCUT2D eigenvalue weighted by atomic mass is 32.2. The van der Waals surface area contributed by atoms with Crippen LogP contribution in [-0.4, -0.2) is 25.0 Å². The van der Waals surface area contributed by atoms with Crippen molar-refractivity contribution in [2.24, 2.45) is 11.1 Å². The van der Waals surface area contributed by atoms with Crippen LogP contribution in [0.2, 0.25) is 0 Å². The first-order valence-electron chi connectivity index (χ1n) is 11.2. The van der Waals surface area contributed by atoms with Crippen LogP contribution in [0.25, 0.3) is 11.1 Å². The molecule has 3 aromatic rings. The molecule has 0 aliphatic carbocycles. The Kier molecular flexibility index (Phi) is 6.23. The fourth-order valence-corrected chi connectivity index (χ4v) is 5.31. The number of alkyl halides is 2. The quantitative estimate of drug-likeness (QED) is 0.347. The number of hydrogen-bond acceptors (Lipinski definition) is 4. The fourth-order valence-electron chi connectivity index (χ4n) is 4.95. The topological polar surface area (TPSA) is 49.6 Å². The van der Waals surface area contributed by atoms with Crippen LogP contribution in [0.5, 0.6) is 0 Å². The van der Waals surface area contributed by atoms with Gasteiger partial charge < -0.3 is 9.80 Å². The zero-order valence-electron chi connectivity index (χ0n) is 18.8. The summed E-state index contributed by atoms with van der Waals surface area (Å²) in [5, 5.41) is 5.56. The lowest BCUT2D eigenvalue weighted by atomic mass is 9.95. The molecule has 3 aromatic carbocycles. The lowest BCUT2D eigenvalue weighted by Gasteiger charge is -2.42. The third kappa shape index (κ3) is 4.16. The van der Waals surface area contributed by atoms with Gasteiger partial charge in [0.2, 0.25) is 5.91 Å². The maximum absolute atomic E-state index is 15.0. The second kappa shape index (κ2) is 9.20. The van der Waals surface area contributed by atoms with Crippen LogP contribution in [0.4, 0.5) is 28.9 Å². The molecule has 1 amide bonds. The molecule has 1 atom stereocenters. The maximum Gasteiger partial charge on any atom is 0.264 e. The minimum Gasteiger partial charge on any atom is -0.367 e. The van der Waals surface area contributed by atoms with E-state index in [9.17, 15) is 22.4 Å². The van der Waals surface area contributed by atoms with Gasteiger partial charge in [-0.3, -0.25) is 9.93 Å². The molecular weight excluding hydrogens is 478 g/mol. The first kappa shape index (κ1) is 23.7. The number of carbonyl (C=O) groups excluding carboxylic acids is 1. The average Bonchev–Trinajstić information content (AvgIpc) is 3.12. The molecule has 0 radical (unpaired) electrons. The molecule has 182 valence electrons. The van der Waals surface area contributed by atoms with E-state index < -0.39 is 18.1 Å². The molecular formula is C26H23F4N3OS. The largest absolute Gasteiger partial charge is 0.367 e. The average molecular weight is 502 g/mol.